The van der Waals surface area contributed by atoms with Gasteiger partial charge in [0.1, 0.15) is 0 Å². The lowest BCUT2D eigenvalue weighted by Crippen LogP contribution is -2.37. The Balaban J connectivity index is 2.89. The zero-order valence-electron chi connectivity index (χ0n) is 12.7. The molecular formula is C12H25N7. The van der Waals surface area contributed by atoms with Crippen molar-refractivity contribution in [3.05, 3.63) is 0 Å². The summed E-state index contributed by atoms with van der Waals surface area (Å²) >= 11 is 0. The molecule has 0 aromatic carbocycles. The van der Waals surface area contributed by atoms with Gasteiger partial charge in [0.2, 0.25) is 17.8 Å². The highest BCUT2D eigenvalue weighted by Crippen LogP contribution is 2.13. The first-order valence-electron chi connectivity index (χ1n) is 6.39. The fourth-order valence-corrected chi connectivity index (χ4v) is 1.63. The van der Waals surface area contributed by atoms with Gasteiger partial charge in [0.15, 0.2) is 0 Å². The van der Waals surface area contributed by atoms with E-state index in [2.05, 4.69) is 39.0 Å². The van der Waals surface area contributed by atoms with Gasteiger partial charge in [-0.05, 0) is 20.0 Å². The van der Waals surface area contributed by atoms with Gasteiger partial charge in [-0.2, -0.15) is 15.0 Å². The van der Waals surface area contributed by atoms with Gasteiger partial charge in [0.25, 0.3) is 0 Å². The lowest BCUT2D eigenvalue weighted by molar-refractivity contribution is 0.343. The fourth-order valence-electron chi connectivity index (χ4n) is 1.63. The van der Waals surface area contributed by atoms with Gasteiger partial charge in [-0.15, -0.1) is 0 Å². The Hall–Kier alpha value is -1.63. The van der Waals surface area contributed by atoms with Gasteiger partial charge in [-0.1, -0.05) is 13.8 Å². The highest BCUT2D eigenvalue weighted by atomic mass is 15.3. The number of likely N-dealkylation sites (N-methyl/N-ethyl adjacent to an activating group) is 1. The van der Waals surface area contributed by atoms with Crippen molar-refractivity contribution in [2.45, 2.75) is 19.9 Å². The maximum absolute atomic E-state index is 5.71. The molecule has 1 aromatic heterocycles. The molecule has 1 aromatic rings. The van der Waals surface area contributed by atoms with E-state index in [9.17, 15) is 0 Å². The maximum Gasteiger partial charge on any atom is 0.231 e. The first-order valence-corrected chi connectivity index (χ1v) is 6.39. The summed E-state index contributed by atoms with van der Waals surface area (Å²) in [5, 5.41) is 3.34. The molecule has 0 aliphatic rings. The van der Waals surface area contributed by atoms with Gasteiger partial charge >= 0.3 is 0 Å². The molecule has 0 bridgehead atoms. The van der Waals surface area contributed by atoms with Gasteiger partial charge in [0, 0.05) is 26.7 Å². The van der Waals surface area contributed by atoms with Gasteiger partial charge in [-0.3, -0.25) is 0 Å². The second kappa shape index (κ2) is 6.51. The van der Waals surface area contributed by atoms with E-state index in [-0.39, 0.29) is 12.0 Å². The standard InChI is InChI=1S/C12H25N7/c1-8(2)9(7-18(3)4)14-11-15-10(13)16-12(17-11)19(5)6/h8-9H,7H2,1-6H3,(H3,13,14,15,16,17). The molecule has 1 unspecified atom stereocenters. The van der Waals surface area contributed by atoms with Crippen molar-refractivity contribution in [2.24, 2.45) is 5.92 Å². The van der Waals surface area contributed by atoms with Crippen LogP contribution in [0.15, 0.2) is 0 Å². The smallest absolute Gasteiger partial charge is 0.231 e. The number of nitrogens with zero attached hydrogens (tertiary/aromatic N) is 5. The minimum absolute atomic E-state index is 0.230. The number of nitrogens with one attached hydrogen (secondary N) is 1. The molecule has 0 amide bonds. The van der Waals surface area contributed by atoms with Crippen LogP contribution in [0.5, 0.6) is 0 Å². The number of hydrogen-bond donors (Lipinski definition) is 2. The normalized spacial score (nSPS) is 12.8. The van der Waals surface area contributed by atoms with Crippen molar-refractivity contribution < 1.29 is 0 Å². The van der Waals surface area contributed by atoms with Crippen LogP contribution in [0, 0.1) is 5.92 Å². The molecule has 0 aliphatic heterocycles. The van der Waals surface area contributed by atoms with E-state index in [0.29, 0.717) is 17.8 Å². The lowest BCUT2D eigenvalue weighted by Gasteiger charge is -2.25. The summed E-state index contributed by atoms with van der Waals surface area (Å²) in [4.78, 5) is 16.5. The largest absolute Gasteiger partial charge is 0.368 e. The number of aromatic nitrogens is 3. The fraction of sp³-hybridized carbons (Fsp3) is 0.750. The van der Waals surface area contributed by atoms with Crippen molar-refractivity contribution in [3.63, 3.8) is 0 Å². The predicted molar refractivity (Wildman–Crippen MR) is 79.4 cm³/mol. The molecule has 1 atom stereocenters. The van der Waals surface area contributed by atoms with Crippen LogP contribution in [0.3, 0.4) is 0 Å². The maximum atomic E-state index is 5.71. The second-order valence-electron chi connectivity index (χ2n) is 5.47. The van der Waals surface area contributed by atoms with Crippen LogP contribution in [0.4, 0.5) is 17.8 Å². The third-order valence-electron chi connectivity index (χ3n) is 2.72. The molecule has 0 saturated carbocycles. The lowest BCUT2D eigenvalue weighted by atomic mass is 10.0. The monoisotopic (exact) mass is 267 g/mol. The topological polar surface area (TPSA) is 83.2 Å². The molecule has 1 heterocycles. The Morgan fingerprint density at radius 3 is 2.21 bits per heavy atom. The van der Waals surface area contributed by atoms with E-state index in [4.69, 9.17) is 5.73 Å². The van der Waals surface area contributed by atoms with Crippen LogP contribution in [0.2, 0.25) is 0 Å². The van der Waals surface area contributed by atoms with Crippen molar-refractivity contribution in [3.8, 4) is 0 Å². The number of anilines is 3. The molecule has 7 heteroatoms. The quantitative estimate of drug-likeness (QED) is 0.777. The molecule has 7 nitrogen and oxygen atoms in total. The summed E-state index contributed by atoms with van der Waals surface area (Å²) in [5.41, 5.74) is 5.71. The van der Waals surface area contributed by atoms with Crippen LogP contribution in [-0.2, 0) is 0 Å². The molecule has 3 N–H and O–H groups in total. The van der Waals surface area contributed by atoms with Gasteiger partial charge < -0.3 is 20.9 Å². The summed E-state index contributed by atoms with van der Waals surface area (Å²) in [5.74, 6) is 1.77. The first kappa shape index (κ1) is 15.4. The highest BCUT2D eigenvalue weighted by molar-refractivity contribution is 5.41. The van der Waals surface area contributed by atoms with Crippen LogP contribution >= 0.6 is 0 Å². The van der Waals surface area contributed by atoms with E-state index >= 15 is 0 Å². The Labute approximate surface area is 115 Å². The van der Waals surface area contributed by atoms with Gasteiger partial charge in [-0.25, -0.2) is 0 Å². The number of hydrogen-bond acceptors (Lipinski definition) is 7. The average Bonchev–Trinajstić information content (AvgIpc) is 2.26. The summed E-state index contributed by atoms with van der Waals surface area (Å²) < 4.78 is 0. The highest BCUT2D eigenvalue weighted by Gasteiger charge is 2.16. The molecule has 0 radical (unpaired) electrons. The molecular weight excluding hydrogens is 242 g/mol. The van der Waals surface area contributed by atoms with Crippen molar-refractivity contribution >= 4 is 17.8 Å². The molecule has 1 rings (SSSR count). The Morgan fingerprint density at radius 2 is 1.74 bits per heavy atom. The van der Waals surface area contributed by atoms with E-state index in [0.717, 1.165) is 6.54 Å². The number of rotatable bonds is 6. The average molecular weight is 267 g/mol. The third-order valence-corrected chi connectivity index (χ3v) is 2.72. The summed E-state index contributed by atoms with van der Waals surface area (Å²) in [6.07, 6.45) is 0. The summed E-state index contributed by atoms with van der Waals surface area (Å²) in [6, 6.07) is 0.256. The van der Waals surface area contributed by atoms with Crippen LogP contribution < -0.4 is 16.0 Å². The van der Waals surface area contributed by atoms with Crippen molar-refractivity contribution in [1.29, 1.82) is 0 Å². The summed E-state index contributed by atoms with van der Waals surface area (Å²) in [6.45, 7) is 5.23. The molecule has 19 heavy (non-hydrogen) atoms. The zero-order valence-corrected chi connectivity index (χ0v) is 12.7. The number of nitrogens with two attached hydrogens (primary N) is 1. The Bertz CT molecular complexity index is 403. The summed E-state index contributed by atoms with van der Waals surface area (Å²) in [7, 11) is 7.84. The van der Waals surface area contributed by atoms with Crippen LogP contribution in [0.25, 0.3) is 0 Å². The molecule has 0 spiro atoms. The van der Waals surface area contributed by atoms with Crippen molar-refractivity contribution in [2.75, 3.05) is 50.7 Å². The molecule has 0 aliphatic carbocycles. The van der Waals surface area contributed by atoms with E-state index < -0.39 is 0 Å². The molecule has 0 fully saturated rings. The third kappa shape index (κ3) is 4.86. The van der Waals surface area contributed by atoms with Crippen molar-refractivity contribution in [1.82, 2.24) is 19.9 Å². The SMILES string of the molecule is CC(C)C(CN(C)C)Nc1nc(N)nc(N(C)C)n1. The first-order chi connectivity index (χ1) is 8.79. The Morgan fingerprint density at radius 1 is 1.11 bits per heavy atom. The van der Waals surface area contributed by atoms with E-state index in [1.54, 1.807) is 4.90 Å². The minimum atomic E-state index is 0.230. The molecule has 0 saturated heterocycles. The second-order valence-corrected chi connectivity index (χ2v) is 5.47. The van der Waals surface area contributed by atoms with E-state index in [1.165, 1.54) is 0 Å². The van der Waals surface area contributed by atoms with Crippen LogP contribution in [-0.4, -0.2) is 60.6 Å². The number of nitrogen functional groups attached to an aromatic ring is 1. The van der Waals surface area contributed by atoms with Crippen LogP contribution in [0.1, 0.15) is 13.8 Å². The zero-order chi connectivity index (χ0) is 14.6. The Kier molecular flexibility index (Phi) is 5.29. The predicted octanol–water partition coefficient (Wildman–Crippen LogP) is 0.518. The van der Waals surface area contributed by atoms with E-state index in [1.807, 2.05) is 28.2 Å². The minimum Gasteiger partial charge on any atom is -0.368 e. The van der Waals surface area contributed by atoms with Gasteiger partial charge in [0.05, 0.1) is 0 Å². The molecule has 108 valence electrons.